The van der Waals surface area contributed by atoms with Crippen LogP contribution in [0.2, 0.25) is 0 Å². The third-order valence-corrected chi connectivity index (χ3v) is 1.55. The Hall–Kier alpha value is -1.24. The van der Waals surface area contributed by atoms with Gasteiger partial charge in [-0.05, 0) is 12.3 Å². The molecule has 0 atom stereocenters. The van der Waals surface area contributed by atoms with Gasteiger partial charge in [0.05, 0.1) is 12.7 Å². The molecule has 0 aliphatic heterocycles. The second-order valence-corrected chi connectivity index (χ2v) is 3.55. The Labute approximate surface area is 85.5 Å². The van der Waals surface area contributed by atoms with Gasteiger partial charge in [0.2, 0.25) is 0 Å². The summed E-state index contributed by atoms with van der Waals surface area (Å²) in [7, 11) is 0. The van der Waals surface area contributed by atoms with Crippen LogP contribution in [0.4, 0.5) is 4.79 Å². The summed E-state index contributed by atoms with van der Waals surface area (Å²) in [6, 6.07) is 1.95. The van der Waals surface area contributed by atoms with E-state index in [2.05, 4.69) is 0 Å². The minimum absolute atomic E-state index is 0.102. The number of nitrogens with zero attached hydrogens (tertiary/aromatic N) is 2. The van der Waals surface area contributed by atoms with Crippen molar-refractivity contribution in [3.8, 4) is 6.07 Å². The number of ether oxygens (including phenoxy) is 1. The molecule has 0 bridgehead atoms. The van der Waals surface area contributed by atoms with Crippen molar-refractivity contribution in [2.24, 2.45) is 5.92 Å². The lowest BCUT2D eigenvalue weighted by Crippen LogP contribution is -2.33. The topological polar surface area (TPSA) is 53.3 Å². The molecule has 0 heterocycles. The van der Waals surface area contributed by atoms with Gasteiger partial charge < -0.3 is 4.74 Å². The molecular weight excluding hydrogens is 180 g/mol. The molecule has 0 unspecified atom stereocenters. The highest BCUT2D eigenvalue weighted by molar-refractivity contribution is 5.67. The van der Waals surface area contributed by atoms with Crippen LogP contribution in [0.5, 0.6) is 0 Å². The van der Waals surface area contributed by atoms with Crippen LogP contribution in [0, 0.1) is 17.2 Å². The minimum Gasteiger partial charge on any atom is -0.449 e. The van der Waals surface area contributed by atoms with E-state index < -0.39 is 0 Å². The van der Waals surface area contributed by atoms with Crippen molar-refractivity contribution in [1.29, 1.82) is 5.26 Å². The smallest absolute Gasteiger partial charge is 0.410 e. The molecule has 0 rings (SSSR count). The molecule has 1 amide bonds. The molecular formula is C10H18N2O2. The monoisotopic (exact) mass is 198 g/mol. The van der Waals surface area contributed by atoms with Gasteiger partial charge in [0.25, 0.3) is 0 Å². The predicted molar refractivity (Wildman–Crippen MR) is 53.7 cm³/mol. The van der Waals surface area contributed by atoms with Gasteiger partial charge in [0, 0.05) is 6.54 Å². The van der Waals surface area contributed by atoms with Gasteiger partial charge in [-0.2, -0.15) is 5.26 Å². The maximum absolute atomic E-state index is 11.4. The Bertz CT molecular complexity index is 209. The second-order valence-electron chi connectivity index (χ2n) is 3.55. The van der Waals surface area contributed by atoms with Crippen molar-refractivity contribution in [1.82, 2.24) is 4.90 Å². The van der Waals surface area contributed by atoms with Gasteiger partial charge in [-0.25, -0.2) is 4.79 Å². The molecule has 0 aliphatic carbocycles. The van der Waals surface area contributed by atoms with E-state index in [0.717, 1.165) is 6.42 Å². The van der Waals surface area contributed by atoms with Gasteiger partial charge >= 0.3 is 6.09 Å². The number of rotatable bonds is 5. The van der Waals surface area contributed by atoms with E-state index in [0.29, 0.717) is 19.1 Å². The lowest BCUT2D eigenvalue weighted by Gasteiger charge is -2.18. The van der Waals surface area contributed by atoms with Crippen LogP contribution in [0.1, 0.15) is 27.2 Å². The fraction of sp³-hybridized carbons (Fsp3) is 0.800. The molecule has 0 aliphatic rings. The summed E-state index contributed by atoms with van der Waals surface area (Å²) >= 11 is 0. The van der Waals surface area contributed by atoms with Crippen LogP contribution in [0.3, 0.4) is 0 Å². The number of carbonyl (C=O) groups excluding carboxylic acids is 1. The maximum Gasteiger partial charge on any atom is 0.410 e. The molecule has 4 heteroatoms. The Morgan fingerprint density at radius 1 is 1.57 bits per heavy atom. The Morgan fingerprint density at radius 3 is 2.64 bits per heavy atom. The van der Waals surface area contributed by atoms with Crippen molar-refractivity contribution >= 4 is 6.09 Å². The van der Waals surface area contributed by atoms with Crippen molar-refractivity contribution in [3.63, 3.8) is 0 Å². The largest absolute Gasteiger partial charge is 0.449 e. The summed E-state index contributed by atoms with van der Waals surface area (Å²) in [5.41, 5.74) is 0. The first kappa shape index (κ1) is 12.8. The lowest BCUT2D eigenvalue weighted by atomic mass is 10.2. The summed E-state index contributed by atoms with van der Waals surface area (Å²) in [5.74, 6) is 0.324. The number of hydrogen-bond acceptors (Lipinski definition) is 3. The standard InChI is InChI=1S/C10H18N2O2/c1-4-6-12(7-5-11)10(13)14-8-9(2)3/h9H,4,6-8H2,1-3H3. The van der Waals surface area contributed by atoms with Gasteiger partial charge in [-0.3, -0.25) is 4.90 Å². The van der Waals surface area contributed by atoms with Crippen LogP contribution < -0.4 is 0 Å². The third-order valence-electron chi connectivity index (χ3n) is 1.55. The van der Waals surface area contributed by atoms with E-state index in [1.807, 2.05) is 26.8 Å². The molecule has 0 saturated heterocycles. The first-order chi connectivity index (χ1) is 6.61. The summed E-state index contributed by atoms with van der Waals surface area (Å²) in [4.78, 5) is 12.8. The Kier molecular flexibility index (Phi) is 6.55. The van der Waals surface area contributed by atoms with Crippen LogP contribution in [0.25, 0.3) is 0 Å². The highest BCUT2D eigenvalue weighted by Crippen LogP contribution is 1.99. The zero-order valence-electron chi connectivity index (χ0n) is 9.12. The van der Waals surface area contributed by atoms with E-state index in [9.17, 15) is 4.79 Å². The van der Waals surface area contributed by atoms with Gasteiger partial charge in [-0.15, -0.1) is 0 Å². The van der Waals surface area contributed by atoms with E-state index in [4.69, 9.17) is 10.00 Å². The molecule has 14 heavy (non-hydrogen) atoms. The van der Waals surface area contributed by atoms with Gasteiger partial charge in [0.15, 0.2) is 0 Å². The van der Waals surface area contributed by atoms with Crippen molar-refractivity contribution < 1.29 is 9.53 Å². The molecule has 0 aromatic rings. The van der Waals surface area contributed by atoms with E-state index in [-0.39, 0.29) is 12.6 Å². The van der Waals surface area contributed by atoms with E-state index in [1.165, 1.54) is 4.90 Å². The average Bonchev–Trinajstić information content (AvgIpc) is 2.14. The van der Waals surface area contributed by atoms with E-state index >= 15 is 0 Å². The maximum atomic E-state index is 11.4. The SMILES string of the molecule is CCCN(CC#N)C(=O)OCC(C)C. The molecule has 0 saturated carbocycles. The zero-order chi connectivity index (χ0) is 11.0. The number of hydrogen-bond donors (Lipinski definition) is 0. The lowest BCUT2D eigenvalue weighted by molar-refractivity contribution is 0.0961. The number of carbonyl (C=O) groups is 1. The van der Waals surface area contributed by atoms with Crippen molar-refractivity contribution in [3.05, 3.63) is 0 Å². The van der Waals surface area contributed by atoms with Crippen molar-refractivity contribution in [2.45, 2.75) is 27.2 Å². The van der Waals surface area contributed by atoms with E-state index in [1.54, 1.807) is 0 Å². The van der Waals surface area contributed by atoms with Crippen LogP contribution in [-0.4, -0.2) is 30.7 Å². The summed E-state index contributed by atoms with van der Waals surface area (Å²) in [6.45, 7) is 6.99. The normalized spacial score (nSPS) is 9.64. The molecule has 0 spiro atoms. The quantitative estimate of drug-likeness (QED) is 0.635. The average molecular weight is 198 g/mol. The predicted octanol–water partition coefficient (Wildman–Crippen LogP) is 2.01. The summed E-state index contributed by atoms with van der Waals surface area (Å²) in [6.07, 6.45) is 0.445. The van der Waals surface area contributed by atoms with Crippen LogP contribution in [-0.2, 0) is 4.74 Å². The first-order valence-corrected chi connectivity index (χ1v) is 4.90. The Balaban J connectivity index is 3.96. The third kappa shape index (κ3) is 5.41. The van der Waals surface area contributed by atoms with Gasteiger partial charge in [0.1, 0.15) is 6.54 Å². The number of nitriles is 1. The molecule has 0 fully saturated rings. The molecule has 0 N–H and O–H groups in total. The number of amides is 1. The van der Waals surface area contributed by atoms with Crippen LogP contribution in [0.15, 0.2) is 0 Å². The van der Waals surface area contributed by atoms with Crippen molar-refractivity contribution in [2.75, 3.05) is 19.7 Å². The fourth-order valence-corrected chi connectivity index (χ4v) is 0.919. The van der Waals surface area contributed by atoms with Gasteiger partial charge in [-0.1, -0.05) is 20.8 Å². The minimum atomic E-state index is -0.387. The zero-order valence-corrected chi connectivity index (χ0v) is 9.12. The molecule has 4 nitrogen and oxygen atoms in total. The highest BCUT2D eigenvalue weighted by atomic mass is 16.6. The summed E-state index contributed by atoms with van der Waals surface area (Å²) in [5, 5.41) is 8.49. The first-order valence-electron chi connectivity index (χ1n) is 4.90. The Morgan fingerprint density at radius 2 is 2.21 bits per heavy atom. The molecule has 0 aromatic heterocycles. The summed E-state index contributed by atoms with van der Waals surface area (Å²) < 4.78 is 5.01. The molecule has 0 aromatic carbocycles. The second kappa shape index (κ2) is 7.19. The molecule has 80 valence electrons. The highest BCUT2D eigenvalue weighted by Gasteiger charge is 2.13. The molecule has 0 radical (unpaired) electrons. The fourth-order valence-electron chi connectivity index (χ4n) is 0.919. The van der Waals surface area contributed by atoms with Crippen LogP contribution >= 0.6 is 0 Å².